The smallest absolute Gasteiger partial charge is 0.303 e. The molecule has 0 radical (unpaired) electrons. The molecule has 4 nitrogen and oxygen atoms in total. The van der Waals surface area contributed by atoms with Gasteiger partial charge in [-0.25, -0.2) is 0 Å². The van der Waals surface area contributed by atoms with Crippen LogP contribution in [0.3, 0.4) is 0 Å². The number of unbranched alkanes of at least 4 members (excludes halogenated alkanes) is 4. The van der Waals surface area contributed by atoms with Crippen molar-refractivity contribution in [3.05, 3.63) is 0 Å². The van der Waals surface area contributed by atoms with Gasteiger partial charge in [-0.15, -0.1) is 0 Å². The van der Waals surface area contributed by atoms with Crippen LogP contribution in [-0.2, 0) is 4.79 Å². The van der Waals surface area contributed by atoms with Gasteiger partial charge in [-0.3, -0.25) is 4.79 Å². The lowest BCUT2D eigenvalue weighted by atomic mass is 10.0. The first-order valence-corrected chi connectivity index (χ1v) is 6.17. The van der Waals surface area contributed by atoms with Crippen LogP contribution in [0.1, 0.15) is 57.8 Å². The summed E-state index contributed by atoms with van der Waals surface area (Å²) in [6.07, 6.45) is 6.78. The Balaban J connectivity index is 3.14. The quantitative estimate of drug-likeness (QED) is 0.476. The summed E-state index contributed by atoms with van der Waals surface area (Å²) in [7, 11) is 0. The fraction of sp³-hybridized carbons (Fsp3) is 0.917. The summed E-state index contributed by atoms with van der Waals surface area (Å²) in [5, 5.41) is 26.5. The minimum absolute atomic E-state index is 0.196. The Morgan fingerprint density at radius 1 is 0.938 bits per heavy atom. The highest BCUT2D eigenvalue weighted by Crippen LogP contribution is 2.11. The molecular weight excluding hydrogens is 208 g/mol. The Bertz CT molecular complexity index is 170. The highest BCUT2D eigenvalue weighted by molar-refractivity contribution is 5.66. The molecule has 0 aromatic rings. The molecule has 16 heavy (non-hydrogen) atoms. The lowest BCUT2D eigenvalue weighted by molar-refractivity contribution is -0.137. The SMILES string of the molecule is O=C(O)CCCCCCC(O)CCCCO. The van der Waals surface area contributed by atoms with Crippen LogP contribution in [0, 0.1) is 0 Å². The van der Waals surface area contributed by atoms with E-state index in [1.807, 2.05) is 0 Å². The normalized spacial score (nSPS) is 12.6. The monoisotopic (exact) mass is 232 g/mol. The van der Waals surface area contributed by atoms with Crippen molar-refractivity contribution >= 4 is 5.97 Å². The van der Waals surface area contributed by atoms with Crippen molar-refractivity contribution in [1.29, 1.82) is 0 Å². The predicted molar refractivity (Wildman–Crippen MR) is 62.3 cm³/mol. The van der Waals surface area contributed by atoms with Crippen molar-refractivity contribution < 1.29 is 20.1 Å². The van der Waals surface area contributed by atoms with E-state index in [2.05, 4.69) is 0 Å². The topological polar surface area (TPSA) is 77.8 Å². The Labute approximate surface area is 97.3 Å². The number of carboxylic acids is 1. The van der Waals surface area contributed by atoms with Gasteiger partial charge in [-0.05, 0) is 32.1 Å². The Morgan fingerprint density at radius 2 is 1.50 bits per heavy atom. The van der Waals surface area contributed by atoms with E-state index in [1.165, 1.54) is 0 Å². The minimum Gasteiger partial charge on any atom is -0.481 e. The Kier molecular flexibility index (Phi) is 10.5. The fourth-order valence-electron chi connectivity index (χ4n) is 1.65. The number of aliphatic hydroxyl groups is 2. The molecule has 0 saturated heterocycles. The number of rotatable bonds is 11. The van der Waals surface area contributed by atoms with Crippen LogP contribution in [0.2, 0.25) is 0 Å². The fourth-order valence-corrected chi connectivity index (χ4v) is 1.65. The number of carboxylic acid groups (broad SMARTS) is 1. The largest absolute Gasteiger partial charge is 0.481 e. The molecule has 0 heterocycles. The summed E-state index contributed by atoms with van der Waals surface area (Å²) in [6.45, 7) is 0.196. The van der Waals surface area contributed by atoms with E-state index in [1.54, 1.807) is 0 Å². The van der Waals surface area contributed by atoms with Crippen LogP contribution < -0.4 is 0 Å². The molecule has 0 bridgehead atoms. The molecule has 0 amide bonds. The van der Waals surface area contributed by atoms with Crippen LogP contribution in [-0.4, -0.2) is 34.0 Å². The molecule has 3 N–H and O–H groups in total. The van der Waals surface area contributed by atoms with Crippen LogP contribution in [0.4, 0.5) is 0 Å². The van der Waals surface area contributed by atoms with Gasteiger partial charge < -0.3 is 15.3 Å². The molecule has 0 aromatic heterocycles. The highest BCUT2D eigenvalue weighted by Gasteiger charge is 2.03. The van der Waals surface area contributed by atoms with Crippen molar-refractivity contribution in [3.8, 4) is 0 Å². The van der Waals surface area contributed by atoms with E-state index < -0.39 is 5.97 Å². The van der Waals surface area contributed by atoms with Gasteiger partial charge in [-0.2, -0.15) is 0 Å². The Hall–Kier alpha value is -0.610. The summed E-state index contributed by atoms with van der Waals surface area (Å²) in [5.74, 6) is -0.732. The molecule has 0 aromatic carbocycles. The maximum atomic E-state index is 10.2. The molecule has 0 aliphatic carbocycles. The van der Waals surface area contributed by atoms with E-state index in [0.29, 0.717) is 0 Å². The first-order valence-electron chi connectivity index (χ1n) is 6.17. The maximum absolute atomic E-state index is 10.2. The lowest BCUT2D eigenvalue weighted by Crippen LogP contribution is -2.06. The number of aliphatic hydroxyl groups excluding tert-OH is 2. The van der Waals surface area contributed by atoms with Crippen LogP contribution in [0.5, 0.6) is 0 Å². The summed E-state index contributed by atoms with van der Waals surface area (Å²) < 4.78 is 0. The molecule has 4 heteroatoms. The average Bonchev–Trinajstić information content (AvgIpc) is 2.23. The second-order valence-corrected chi connectivity index (χ2v) is 4.22. The van der Waals surface area contributed by atoms with E-state index >= 15 is 0 Å². The molecule has 0 spiro atoms. The molecule has 1 atom stereocenters. The zero-order chi connectivity index (χ0) is 12.2. The Morgan fingerprint density at radius 3 is 2.06 bits per heavy atom. The molecule has 1 unspecified atom stereocenters. The van der Waals surface area contributed by atoms with Crippen molar-refractivity contribution in [3.63, 3.8) is 0 Å². The van der Waals surface area contributed by atoms with Crippen molar-refractivity contribution in [2.24, 2.45) is 0 Å². The molecule has 0 fully saturated rings. The van der Waals surface area contributed by atoms with E-state index in [-0.39, 0.29) is 19.1 Å². The summed E-state index contributed by atoms with van der Waals surface area (Å²) in [6, 6.07) is 0. The molecule has 96 valence electrons. The van der Waals surface area contributed by atoms with Gasteiger partial charge in [0.1, 0.15) is 0 Å². The third-order valence-electron chi connectivity index (χ3n) is 2.62. The molecule has 0 saturated carbocycles. The molecular formula is C12H24O4. The second kappa shape index (κ2) is 10.9. The second-order valence-electron chi connectivity index (χ2n) is 4.22. The third kappa shape index (κ3) is 11.5. The zero-order valence-electron chi connectivity index (χ0n) is 9.90. The summed E-state index contributed by atoms with van der Waals surface area (Å²) >= 11 is 0. The number of aliphatic carboxylic acids is 1. The van der Waals surface area contributed by atoms with Crippen molar-refractivity contribution in [2.75, 3.05) is 6.61 Å². The number of hydrogen-bond donors (Lipinski definition) is 3. The molecule has 0 rings (SSSR count). The standard InChI is InChI=1S/C12H24O4/c13-10-6-5-8-11(14)7-3-1-2-4-9-12(15)16/h11,13-14H,1-10H2,(H,15,16). The highest BCUT2D eigenvalue weighted by atomic mass is 16.4. The molecule has 0 aliphatic heterocycles. The maximum Gasteiger partial charge on any atom is 0.303 e. The van der Waals surface area contributed by atoms with Gasteiger partial charge in [0.2, 0.25) is 0 Å². The summed E-state index contributed by atoms with van der Waals surface area (Å²) in [4.78, 5) is 10.2. The van der Waals surface area contributed by atoms with Gasteiger partial charge in [0, 0.05) is 13.0 Å². The number of hydrogen-bond acceptors (Lipinski definition) is 3. The molecule has 0 aliphatic rings. The van der Waals surface area contributed by atoms with E-state index in [0.717, 1.165) is 51.4 Å². The third-order valence-corrected chi connectivity index (χ3v) is 2.62. The number of carbonyl (C=O) groups is 1. The van der Waals surface area contributed by atoms with Gasteiger partial charge in [0.15, 0.2) is 0 Å². The summed E-state index contributed by atoms with van der Waals surface area (Å²) in [5.41, 5.74) is 0. The van der Waals surface area contributed by atoms with Gasteiger partial charge in [0.25, 0.3) is 0 Å². The average molecular weight is 232 g/mol. The lowest BCUT2D eigenvalue weighted by Gasteiger charge is -2.09. The van der Waals surface area contributed by atoms with Crippen LogP contribution in [0.25, 0.3) is 0 Å². The zero-order valence-corrected chi connectivity index (χ0v) is 9.90. The van der Waals surface area contributed by atoms with Gasteiger partial charge in [-0.1, -0.05) is 19.3 Å². The van der Waals surface area contributed by atoms with Crippen molar-refractivity contribution in [1.82, 2.24) is 0 Å². The van der Waals surface area contributed by atoms with Crippen molar-refractivity contribution in [2.45, 2.75) is 63.9 Å². The van der Waals surface area contributed by atoms with E-state index in [4.69, 9.17) is 10.2 Å². The van der Waals surface area contributed by atoms with Crippen LogP contribution in [0.15, 0.2) is 0 Å². The first kappa shape index (κ1) is 15.4. The predicted octanol–water partition coefficient (Wildman–Crippen LogP) is 1.94. The van der Waals surface area contributed by atoms with E-state index in [9.17, 15) is 9.90 Å². The van der Waals surface area contributed by atoms with Crippen LogP contribution >= 0.6 is 0 Å². The minimum atomic E-state index is -0.732. The van der Waals surface area contributed by atoms with Gasteiger partial charge in [0.05, 0.1) is 6.10 Å². The first-order chi connectivity index (χ1) is 7.66. The van der Waals surface area contributed by atoms with Gasteiger partial charge >= 0.3 is 5.97 Å².